The van der Waals surface area contributed by atoms with E-state index in [0.29, 0.717) is 11.8 Å². The SMILES string of the molecule is CC1CNCC1C(=O)N1CCN(c2ccc(Cl)cc2)CC1. The highest BCUT2D eigenvalue weighted by atomic mass is 35.5. The Hall–Kier alpha value is -1.26. The van der Waals surface area contributed by atoms with Crippen LogP contribution in [0.25, 0.3) is 0 Å². The molecule has 2 heterocycles. The zero-order valence-corrected chi connectivity index (χ0v) is 13.1. The number of halogens is 1. The normalized spacial score (nSPS) is 26.2. The lowest BCUT2D eigenvalue weighted by Crippen LogP contribution is -2.51. The average molecular weight is 308 g/mol. The molecule has 0 radical (unpaired) electrons. The van der Waals surface area contributed by atoms with Gasteiger partial charge in [0.1, 0.15) is 0 Å². The van der Waals surface area contributed by atoms with Crippen molar-refractivity contribution in [2.45, 2.75) is 6.92 Å². The van der Waals surface area contributed by atoms with Crippen LogP contribution in [0.2, 0.25) is 5.02 Å². The highest BCUT2D eigenvalue weighted by Crippen LogP contribution is 2.22. The van der Waals surface area contributed by atoms with Crippen molar-refractivity contribution >= 4 is 23.2 Å². The zero-order chi connectivity index (χ0) is 14.8. The molecule has 5 heteroatoms. The highest BCUT2D eigenvalue weighted by molar-refractivity contribution is 6.30. The Kier molecular flexibility index (Phi) is 4.36. The van der Waals surface area contributed by atoms with Crippen LogP contribution < -0.4 is 10.2 Å². The van der Waals surface area contributed by atoms with Gasteiger partial charge in [0.15, 0.2) is 0 Å². The lowest BCUT2D eigenvalue weighted by Gasteiger charge is -2.37. The maximum absolute atomic E-state index is 12.5. The predicted octanol–water partition coefficient (Wildman–Crippen LogP) is 1.84. The molecule has 21 heavy (non-hydrogen) atoms. The van der Waals surface area contributed by atoms with Crippen molar-refractivity contribution in [2.24, 2.45) is 11.8 Å². The summed E-state index contributed by atoms with van der Waals surface area (Å²) in [5.74, 6) is 0.933. The Labute approximate surface area is 131 Å². The molecule has 0 aromatic heterocycles. The van der Waals surface area contributed by atoms with E-state index < -0.39 is 0 Å². The third-order valence-electron chi connectivity index (χ3n) is 4.62. The minimum Gasteiger partial charge on any atom is -0.368 e. The van der Waals surface area contributed by atoms with E-state index in [1.54, 1.807) is 0 Å². The smallest absolute Gasteiger partial charge is 0.227 e. The number of carbonyl (C=O) groups is 1. The van der Waals surface area contributed by atoms with Gasteiger partial charge in [-0.2, -0.15) is 0 Å². The van der Waals surface area contributed by atoms with Crippen molar-refractivity contribution in [1.29, 1.82) is 0 Å². The molecular weight excluding hydrogens is 286 g/mol. The van der Waals surface area contributed by atoms with Crippen LogP contribution in [-0.4, -0.2) is 50.1 Å². The molecule has 2 atom stereocenters. The van der Waals surface area contributed by atoms with Gasteiger partial charge in [-0.25, -0.2) is 0 Å². The number of carbonyl (C=O) groups excluding carboxylic acids is 1. The summed E-state index contributed by atoms with van der Waals surface area (Å²) in [6, 6.07) is 7.92. The van der Waals surface area contributed by atoms with Gasteiger partial charge in [0.2, 0.25) is 5.91 Å². The van der Waals surface area contributed by atoms with Crippen molar-refractivity contribution in [2.75, 3.05) is 44.2 Å². The Balaban J connectivity index is 1.57. The molecule has 2 aliphatic heterocycles. The maximum Gasteiger partial charge on any atom is 0.227 e. The van der Waals surface area contributed by atoms with Gasteiger partial charge >= 0.3 is 0 Å². The number of benzene rings is 1. The first-order valence-corrected chi connectivity index (χ1v) is 8.03. The van der Waals surface area contributed by atoms with Crippen LogP contribution >= 0.6 is 11.6 Å². The van der Waals surface area contributed by atoms with E-state index >= 15 is 0 Å². The van der Waals surface area contributed by atoms with E-state index in [-0.39, 0.29) is 5.92 Å². The Morgan fingerprint density at radius 3 is 2.38 bits per heavy atom. The molecule has 0 spiro atoms. The zero-order valence-electron chi connectivity index (χ0n) is 12.4. The van der Waals surface area contributed by atoms with E-state index in [2.05, 4.69) is 17.1 Å². The number of piperazine rings is 1. The van der Waals surface area contributed by atoms with Crippen LogP contribution in [0.4, 0.5) is 5.69 Å². The van der Waals surface area contributed by atoms with Gasteiger partial charge in [-0.1, -0.05) is 18.5 Å². The van der Waals surface area contributed by atoms with Crippen LogP contribution in [-0.2, 0) is 4.79 Å². The number of nitrogens with one attached hydrogen (secondary N) is 1. The van der Waals surface area contributed by atoms with E-state index in [9.17, 15) is 4.79 Å². The van der Waals surface area contributed by atoms with Crippen molar-refractivity contribution in [3.05, 3.63) is 29.3 Å². The number of hydrogen-bond donors (Lipinski definition) is 1. The summed E-state index contributed by atoms with van der Waals surface area (Å²) in [7, 11) is 0. The second-order valence-electron chi connectivity index (χ2n) is 6.03. The molecule has 2 aliphatic rings. The molecule has 0 bridgehead atoms. The molecule has 2 fully saturated rings. The van der Waals surface area contributed by atoms with E-state index in [4.69, 9.17) is 11.6 Å². The standard InChI is InChI=1S/C16H22ClN3O/c1-12-10-18-11-15(12)16(21)20-8-6-19(7-9-20)14-4-2-13(17)3-5-14/h2-5,12,15,18H,6-11H2,1H3. The summed E-state index contributed by atoms with van der Waals surface area (Å²) < 4.78 is 0. The van der Waals surface area contributed by atoms with Gasteiger partial charge in [0.05, 0.1) is 5.92 Å². The van der Waals surface area contributed by atoms with Crippen molar-refractivity contribution in [3.8, 4) is 0 Å². The van der Waals surface area contributed by atoms with Crippen molar-refractivity contribution in [3.63, 3.8) is 0 Å². The fourth-order valence-electron chi connectivity index (χ4n) is 3.21. The van der Waals surface area contributed by atoms with Gasteiger partial charge in [0.25, 0.3) is 0 Å². The number of anilines is 1. The topological polar surface area (TPSA) is 35.6 Å². The second kappa shape index (κ2) is 6.24. The monoisotopic (exact) mass is 307 g/mol. The van der Waals surface area contributed by atoms with Crippen LogP contribution in [0.5, 0.6) is 0 Å². The van der Waals surface area contributed by atoms with E-state index in [1.807, 2.05) is 29.2 Å². The maximum atomic E-state index is 12.5. The van der Waals surface area contributed by atoms with Gasteiger partial charge in [0, 0.05) is 43.4 Å². The Morgan fingerprint density at radius 2 is 1.81 bits per heavy atom. The molecule has 3 rings (SSSR count). The second-order valence-corrected chi connectivity index (χ2v) is 6.47. The molecule has 0 saturated carbocycles. The summed E-state index contributed by atoms with van der Waals surface area (Å²) in [6.07, 6.45) is 0. The number of amides is 1. The Morgan fingerprint density at radius 1 is 1.14 bits per heavy atom. The minimum absolute atomic E-state index is 0.159. The van der Waals surface area contributed by atoms with Crippen molar-refractivity contribution < 1.29 is 4.79 Å². The third-order valence-corrected chi connectivity index (χ3v) is 4.87. The molecule has 1 amide bonds. The first kappa shape index (κ1) is 14.7. The molecule has 2 unspecified atom stereocenters. The number of nitrogens with zero attached hydrogens (tertiary/aromatic N) is 2. The predicted molar refractivity (Wildman–Crippen MR) is 85.8 cm³/mol. The molecular formula is C16H22ClN3O. The fraction of sp³-hybridized carbons (Fsp3) is 0.562. The molecule has 0 aliphatic carbocycles. The lowest BCUT2D eigenvalue weighted by molar-refractivity contribution is -0.136. The molecule has 1 N–H and O–H groups in total. The van der Waals surface area contributed by atoms with Crippen LogP contribution in [0.3, 0.4) is 0 Å². The summed E-state index contributed by atoms with van der Waals surface area (Å²) >= 11 is 5.92. The quantitative estimate of drug-likeness (QED) is 0.906. The summed E-state index contributed by atoms with van der Waals surface area (Å²) in [4.78, 5) is 16.9. The summed E-state index contributed by atoms with van der Waals surface area (Å²) in [5, 5.41) is 4.07. The van der Waals surface area contributed by atoms with Crippen molar-refractivity contribution in [1.82, 2.24) is 10.2 Å². The molecule has 2 saturated heterocycles. The highest BCUT2D eigenvalue weighted by Gasteiger charge is 2.33. The van der Waals surface area contributed by atoms with Crippen LogP contribution in [0.1, 0.15) is 6.92 Å². The lowest BCUT2D eigenvalue weighted by atomic mass is 9.96. The number of hydrogen-bond acceptors (Lipinski definition) is 3. The number of rotatable bonds is 2. The summed E-state index contributed by atoms with van der Waals surface area (Å²) in [6.45, 7) is 7.35. The minimum atomic E-state index is 0.159. The molecule has 1 aromatic carbocycles. The Bertz CT molecular complexity index is 497. The van der Waals surface area contributed by atoms with E-state index in [0.717, 1.165) is 44.3 Å². The summed E-state index contributed by atoms with van der Waals surface area (Å²) in [5.41, 5.74) is 1.18. The van der Waals surface area contributed by atoms with Crippen LogP contribution in [0.15, 0.2) is 24.3 Å². The first-order valence-electron chi connectivity index (χ1n) is 7.65. The largest absolute Gasteiger partial charge is 0.368 e. The van der Waals surface area contributed by atoms with Gasteiger partial charge in [-0.15, -0.1) is 0 Å². The van der Waals surface area contributed by atoms with E-state index in [1.165, 1.54) is 5.69 Å². The first-order chi connectivity index (χ1) is 10.1. The fourth-order valence-corrected chi connectivity index (χ4v) is 3.34. The molecule has 114 valence electrons. The molecule has 1 aromatic rings. The van der Waals surface area contributed by atoms with Gasteiger partial charge in [-0.3, -0.25) is 4.79 Å². The van der Waals surface area contributed by atoms with Gasteiger partial charge in [-0.05, 0) is 36.7 Å². The van der Waals surface area contributed by atoms with Crippen LogP contribution in [0, 0.1) is 11.8 Å². The average Bonchev–Trinajstić information content (AvgIpc) is 2.94. The van der Waals surface area contributed by atoms with Gasteiger partial charge < -0.3 is 15.1 Å². The third kappa shape index (κ3) is 3.16. The molecule has 4 nitrogen and oxygen atoms in total.